The first kappa shape index (κ1) is 19.0. The number of para-hydroxylation sites is 1. The molecule has 0 bridgehead atoms. The second kappa shape index (κ2) is 8.72. The Balaban J connectivity index is 2.04. The van der Waals surface area contributed by atoms with Crippen molar-refractivity contribution in [1.82, 2.24) is 9.13 Å². The summed E-state index contributed by atoms with van der Waals surface area (Å²) in [6.07, 6.45) is 9.51. The Morgan fingerprint density at radius 3 is 2.46 bits per heavy atom. The summed E-state index contributed by atoms with van der Waals surface area (Å²) < 4.78 is 4.52. The summed E-state index contributed by atoms with van der Waals surface area (Å²) >= 11 is 1.96. The molecule has 0 radical (unpaired) electrons. The highest BCUT2D eigenvalue weighted by atomic mass is 32.2. The molecule has 2 aromatic heterocycles. The molecule has 0 saturated carbocycles. The van der Waals surface area contributed by atoms with Crippen LogP contribution in [0.4, 0.5) is 5.69 Å². The first-order valence-electron chi connectivity index (χ1n) is 9.77. The van der Waals surface area contributed by atoms with Gasteiger partial charge in [-0.1, -0.05) is 44.9 Å². The summed E-state index contributed by atoms with van der Waals surface area (Å²) in [7, 11) is 4.31. The quantitative estimate of drug-likeness (QED) is 0.354. The molecule has 0 aliphatic rings. The third kappa shape index (κ3) is 3.80. The number of fused-ring (bicyclic) bond motifs is 1. The van der Waals surface area contributed by atoms with E-state index in [1.807, 2.05) is 11.8 Å². The molecule has 0 aliphatic heterocycles. The van der Waals surface area contributed by atoms with Crippen LogP contribution in [0.15, 0.2) is 41.7 Å². The number of rotatable bonds is 9. The lowest BCUT2D eigenvalue weighted by molar-refractivity contribution is 0.741. The topological polar surface area (TPSA) is 21.9 Å². The summed E-state index contributed by atoms with van der Waals surface area (Å²) in [5.74, 6) is 1.15. The minimum atomic E-state index is 1.04. The van der Waals surface area contributed by atoms with Gasteiger partial charge in [-0.3, -0.25) is 0 Å². The van der Waals surface area contributed by atoms with Crippen LogP contribution in [0.5, 0.6) is 0 Å². The minimum absolute atomic E-state index is 1.04. The zero-order chi connectivity index (χ0) is 18.5. The molecule has 1 aromatic carbocycles. The molecular formula is C22H31N3S. The lowest BCUT2D eigenvalue weighted by atomic mass is 10.1. The number of aromatic nitrogens is 2. The molecule has 0 aliphatic carbocycles. The normalized spacial score (nSPS) is 11.4. The summed E-state index contributed by atoms with van der Waals surface area (Å²) in [5, 5.41) is 6.44. The molecule has 4 heteroatoms. The summed E-state index contributed by atoms with van der Waals surface area (Å²) in [6, 6.07) is 8.68. The molecule has 0 spiro atoms. The molecule has 2 heterocycles. The fourth-order valence-corrected chi connectivity index (χ4v) is 4.48. The van der Waals surface area contributed by atoms with Gasteiger partial charge in [-0.2, -0.15) is 0 Å². The number of benzene rings is 1. The third-order valence-electron chi connectivity index (χ3n) is 4.84. The van der Waals surface area contributed by atoms with E-state index < -0.39 is 0 Å². The standard InChI is InChI=1S/C22H31N3S/c1-5-7-10-13-23-21-19(16-25(4)22(21)26-14-6-2)18-15-24(3)20-12-9-8-11-17(18)20/h8-9,11-12,15-16,23H,5-7,10,13-14H2,1-4H3. The highest BCUT2D eigenvalue weighted by Gasteiger charge is 2.19. The van der Waals surface area contributed by atoms with Gasteiger partial charge < -0.3 is 14.5 Å². The van der Waals surface area contributed by atoms with Gasteiger partial charge in [0.1, 0.15) is 0 Å². The summed E-state index contributed by atoms with van der Waals surface area (Å²) in [6.45, 7) is 5.54. The molecule has 1 N–H and O–H groups in total. The van der Waals surface area contributed by atoms with Crippen molar-refractivity contribution >= 4 is 28.4 Å². The highest BCUT2D eigenvalue weighted by molar-refractivity contribution is 7.99. The van der Waals surface area contributed by atoms with Crippen LogP contribution in [0.2, 0.25) is 0 Å². The zero-order valence-electron chi connectivity index (χ0n) is 16.5. The van der Waals surface area contributed by atoms with Gasteiger partial charge in [0.25, 0.3) is 0 Å². The Hall–Kier alpha value is -1.81. The average Bonchev–Trinajstić information content (AvgIpc) is 3.14. The highest BCUT2D eigenvalue weighted by Crippen LogP contribution is 2.41. The first-order valence-corrected chi connectivity index (χ1v) is 10.8. The van der Waals surface area contributed by atoms with Gasteiger partial charge in [-0.25, -0.2) is 0 Å². The van der Waals surface area contributed by atoms with E-state index in [1.54, 1.807) is 0 Å². The van der Waals surface area contributed by atoms with Gasteiger partial charge in [0.15, 0.2) is 0 Å². The Labute approximate surface area is 161 Å². The number of nitrogens with one attached hydrogen (secondary N) is 1. The maximum absolute atomic E-state index is 3.77. The molecular weight excluding hydrogens is 338 g/mol. The maximum Gasteiger partial charge on any atom is 0.0988 e. The summed E-state index contributed by atoms with van der Waals surface area (Å²) in [4.78, 5) is 0. The zero-order valence-corrected chi connectivity index (χ0v) is 17.3. The van der Waals surface area contributed by atoms with Crippen molar-refractivity contribution in [1.29, 1.82) is 0 Å². The second-order valence-corrected chi connectivity index (χ2v) is 8.07. The van der Waals surface area contributed by atoms with Gasteiger partial charge in [0.2, 0.25) is 0 Å². The van der Waals surface area contributed by atoms with Crippen LogP contribution in [-0.4, -0.2) is 21.4 Å². The fourth-order valence-electron chi connectivity index (χ4n) is 3.50. The van der Waals surface area contributed by atoms with Crippen molar-refractivity contribution < 1.29 is 0 Å². The second-order valence-electron chi connectivity index (χ2n) is 6.99. The van der Waals surface area contributed by atoms with Crippen LogP contribution in [0.1, 0.15) is 39.5 Å². The Bertz CT molecular complexity index is 860. The van der Waals surface area contributed by atoms with Crippen LogP contribution in [0, 0.1) is 0 Å². The van der Waals surface area contributed by atoms with E-state index in [-0.39, 0.29) is 0 Å². The molecule has 3 rings (SSSR count). The van der Waals surface area contributed by atoms with Gasteiger partial charge in [0.05, 0.1) is 10.7 Å². The van der Waals surface area contributed by atoms with Crippen molar-refractivity contribution in [2.45, 2.75) is 44.6 Å². The van der Waals surface area contributed by atoms with Gasteiger partial charge in [-0.05, 0) is 24.7 Å². The van der Waals surface area contributed by atoms with Crippen LogP contribution in [0.3, 0.4) is 0 Å². The molecule has 0 saturated heterocycles. The Morgan fingerprint density at radius 1 is 0.923 bits per heavy atom. The lowest BCUT2D eigenvalue weighted by Crippen LogP contribution is -2.03. The fraction of sp³-hybridized carbons (Fsp3) is 0.455. The van der Waals surface area contributed by atoms with E-state index in [2.05, 4.69) is 79.1 Å². The largest absolute Gasteiger partial charge is 0.382 e. The molecule has 0 atom stereocenters. The van der Waals surface area contributed by atoms with Crippen molar-refractivity contribution in [3.8, 4) is 11.1 Å². The smallest absolute Gasteiger partial charge is 0.0988 e. The number of anilines is 1. The van der Waals surface area contributed by atoms with Crippen LogP contribution in [-0.2, 0) is 14.1 Å². The molecule has 3 aromatic rings. The molecule has 3 nitrogen and oxygen atoms in total. The number of unbranched alkanes of at least 4 members (excludes halogenated alkanes) is 2. The predicted molar refractivity (Wildman–Crippen MR) is 116 cm³/mol. The number of hydrogen-bond donors (Lipinski definition) is 1. The van der Waals surface area contributed by atoms with E-state index in [4.69, 9.17) is 0 Å². The van der Waals surface area contributed by atoms with Crippen LogP contribution < -0.4 is 5.32 Å². The van der Waals surface area contributed by atoms with E-state index in [0.717, 1.165) is 12.3 Å². The minimum Gasteiger partial charge on any atom is -0.382 e. The van der Waals surface area contributed by atoms with Crippen molar-refractivity contribution in [3.63, 3.8) is 0 Å². The molecule has 0 unspecified atom stereocenters. The van der Waals surface area contributed by atoms with E-state index >= 15 is 0 Å². The first-order chi connectivity index (χ1) is 12.7. The Morgan fingerprint density at radius 2 is 1.69 bits per heavy atom. The monoisotopic (exact) mass is 369 g/mol. The molecule has 26 heavy (non-hydrogen) atoms. The third-order valence-corrected chi connectivity index (χ3v) is 6.22. The lowest BCUT2D eigenvalue weighted by Gasteiger charge is -2.11. The van der Waals surface area contributed by atoms with Crippen LogP contribution >= 0.6 is 11.8 Å². The van der Waals surface area contributed by atoms with Gasteiger partial charge >= 0.3 is 0 Å². The SMILES string of the molecule is CCCCCNc1c(-c2cn(C)c3ccccc23)cn(C)c1SCCC. The van der Waals surface area contributed by atoms with Gasteiger partial charge in [-0.15, -0.1) is 11.8 Å². The number of aryl methyl sites for hydroxylation is 2. The van der Waals surface area contributed by atoms with Gasteiger partial charge in [0, 0.05) is 55.1 Å². The number of nitrogens with zero attached hydrogens (tertiary/aromatic N) is 2. The maximum atomic E-state index is 3.77. The Kier molecular flexibility index (Phi) is 6.36. The predicted octanol–water partition coefficient (Wildman–Crippen LogP) is 6.29. The molecule has 140 valence electrons. The van der Waals surface area contributed by atoms with Crippen molar-refractivity contribution in [2.24, 2.45) is 14.1 Å². The van der Waals surface area contributed by atoms with E-state index in [9.17, 15) is 0 Å². The van der Waals surface area contributed by atoms with Crippen molar-refractivity contribution in [2.75, 3.05) is 17.6 Å². The van der Waals surface area contributed by atoms with Crippen LogP contribution in [0.25, 0.3) is 22.0 Å². The van der Waals surface area contributed by atoms with E-state index in [0.29, 0.717) is 0 Å². The molecule has 0 fully saturated rings. The van der Waals surface area contributed by atoms with Crippen molar-refractivity contribution in [3.05, 3.63) is 36.7 Å². The number of hydrogen-bond acceptors (Lipinski definition) is 2. The average molecular weight is 370 g/mol. The molecule has 0 amide bonds. The number of thioether (sulfide) groups is 1. The summed E-state index contributed by atoms with van der Waals surface area (Å²) in [5.41, 5.74) is 5.23. The van der Waals surface area contributed by atoms with E-state index in [1.165, 1.54) is 58.4 Å².